The highest BCUT2D eigenvalue weighted by Gasteiger charge is 3.24. The minimum Gasteiger partial charge on any atom is -0.439 e. The highest BCUT2D eigenvalue weighted by molar-refractivity contribution is 5.79. The van der Waals surface area contributed by atoms with Gasteiger partial charge in [0.25, 0.3) is 0 Å². The van der Waals surface area contributed by atoms with Gasteiger partial charge in [-0.2, -0.15) is 52.7 Å². The SMILES string of the molecule is CC(C)(C)CC(C)(C(=O)OC12C(F)(F)C3(F)C(F)(F)C(F)(C(F)(F)C(F)(C3(F)F)C1(F)F)C2(F)F)C(C)(C)C. The van der Waals surface area contributed by atoms with Crippen LogP contribution in [0.2, 0.25) is 0 Å². The predicted molar refractivity (Wildman–Crippen MR) is 102 cm³/mol. The van der Waals surface area contributed by atoms with Crippen LogP contribution in [0.1, 0.15) is 54.9 Å². The van der Waals surface area contributed by atoms with E-state index in [4.69, 9.17) is 0 Å². The van der Waals surface area contributed by atoms with Crippen molar-refractivity contribution in [3.63, 3.8) is 0 Å². The van der Waals surface area contributed by atoms with Crippen molar-refractivity contribution in [3.8, 4) is 0 Å². The Morgan fingerprint density at radius 3 is 0.974 bits per heavy atom. The van der Waals surface area contributed by atoms with Crippen LogP contribution in [0.4, 0.5) is 65.9 Å². The van der Waals surface area contributed by atoms with Crippen molar-refractivity contribution >= 4 is 5.97 Å². The summed E-state index contributed by atoms with van der Waals surface area (Å²) >= 11 is 0. The second kappa shape index (κ2) is 6.89. The Morgan fingerprint density at radius 1 is 0.513 bits per heavy atom. The van der Waals surface area contributed by atoms with Gasteiger partial charge in [-0.05, 0) is 24.2 Å². The number of hydrogen-bond acceptors (Lipinski definition) is 2. The van der Waals surface area contributed by atoms with E-state index in [1.165, 1.54) is 20.8 Å². The number of rotatable bonds is 3. The Labute approximate surface area is 211 Å². The molecular formula is C22H23F15O2. The van der Waals surface area contributed by atoms with E-state index < -0.39 is 86.8 Å². The van der Waals surface area contributed by atoms with Crippen molar-refractivity contribution in [1.82, 2.24) is 0 Å². The van der Waals surface area contributed by atoms with Crippen LogP contribution < -0.4 is 0 Å². The first kappa shape index (κ1) is 31.9. The summed E-state index contributed by atoms with van der Waals surface area (Å²) in [4.78, 5) is 13.2. The normalized spacial score (nSPS) is 42.1. The molecule has 0 aliphatic heterocycles. The molecule has 4 aliphatic carbocycles. The molecule has 0 saturated heterocycles. The summed E-state index contributed by atoms with van der Waals surface area (Å²) in [6, 6.07) is 0. The molecule has 0 heterocycles. The Hall–Kier alpha value is -1.58. The van der Waals surface area contributed by atoms with Gasteiger partial charge in [0.15, 0.2) is 0 Å². The molecule has 0 amide bonds. The number of halogens is 15. The van der Waals surface area contributed by atoms with Crippen LogP contribution in [0, 0.1) is 16.2 Å². The number of alkyl halides is 15. The second-order valence-electron chi connectivity index (χ2n) is 12.8. The van der Waals surface area contributed by atoms with Gasteiger partial charge in [-0.1, -0.05) is 41.5 Å². The monoisotopic (exact) mass is 604 g/mol. The van der Waals surface area contributed by atoms with E-state index in [0.29, 0.717) is 0 Å². The second-order valence-corrected chi connectivity index (χ2v) is 12.8. The van der Waals surface area contributed by atoms with E-state index in [0.717, 1.165) is 27.7 Å². The molecule has 0 spiro atoms. The first-order chi connectivity index (χ1) is 16.6. The van der Waals surface area contributed by atoms with Gasteiger partial charge in [0, 0.05) is 0 Å². The third kappa shape index (κ3) is 2.46. The zero-order valence-corrected chi connectivity index (χ0v) is 21.2. The average molecular weight is 604 g/mol. The first-order valence-electron chi connectivity index (χ1n) is 11.2. The van der Waals surface area contributed by atoms with Crippen molar-refractivity contribution in [2.75, 3.05) is 0 Å². The van der Waals surface area contributed by atoms with E-state index in [1.807, 2.05) is 0 Å². The summed E-state index contributed by atoms with van der Waals surface area (Å²) < 4.78 is 229. The summed E-state index contributed by atoms with van der Waals surface area (Å²) in [7, 11) is 0. The van der Waals surface area contributed by atoms with Gasteiger partial charge >= 0.3 is 64.1 Å². The first-order valence-corrected chi connectivity index (χ1v) is 11.2. The zero-order chi connectivity index (χ0) is 31.5. The lowest BCUT2D eigenvalue weighted by Gasteiger charge is -2.74. The van der Waals surface area contributed by atoms with Crippen LogP contribution in [-0.4, -0.2) is 64.1 Å². The van der Waals surface area contributed by atoms with Crippen molar-refractivity contribution in [2.45, 2.75) is 113 Å². The molecule has 4 fully saturated rings. The minimum atomic E-state index is -7.93. The number of ether oxygens (including phenoxy) is 1. The summed E-state index contributed by atoms with van der Waals surface area (Å²) in [6.45, 7) is 7.95. The van der Waals surface area contributed by atoms with E-state index in [9.17, 15) is 31.1 Å². The van der Waals surface area contributed by atoms with E-state index in [1.54, 1.807) is 0 Å². The minimum absolute atomic E-state index is 0.675. The van der Waals surface area contributed by atoms with Gasteiger partial charge in [-0.25, -0.2) is 13.2 Å². The Bertz CT molecular complexity index is 987. The topological polar surface area (TPSA) is 26.3 Å². The Balaban J connectivity index is 2.55. The lowest BCUT2D eigenvalue weighted by atomic mass is 9.40. The molecule has 0 aromatic rings. The molecule has 0 radical (unpaired) electrons. The van der Waals surface area contributed by atoms with Crippen LogP contribution in [-0.2, 0) is 9.53 Å². The maximum absolute atomic E-state index is 15.4. The quantitative estimate of drug-likeness (QED) is 0.244. The average Bonchev–Trinajstić information content (AvgIpc) is 2.69. The number of hydrogen-bond donors (Lipinski definition) is 0. The van der Waals surface area contributed by atoms with Crippen molar-refractivity contribution in [2.24, 2.45) is 16.2 Å². The lowest BCUT2D eigenvalue weighted by Crippen LogP contribution is -3.10. The zero-order valence-electron chi connectivity index (χ0n) is 21.2. The number of carbonyl (C=O) groups excluding carboxylic acids is 1. The van der Waals surface area contributed by atoms with Crippen LogP contribution >= 0.6 is 0 Å². The van der Waals surface area contributed by atoms with Gasteiger partial charge in [0.2, 0.25) is 0 Å². The highest BCUT2D eigenvalue weighted by atomic mass is 19.3. The van der Waals surface area contributed by atoms with Crippen molar-refractivity contribution in [3.05, 3.63) is 0 Å². The summed E-state index contributed by atoms with van der Waals surface area (Å²) in [6.07, 6.45) is -0.675. The highest BCUT2D eigenvalue weighted by Crippen LogP contribution is 2.89. The van der Waals surface area contributed by atoms with E-state index in [-0.39, 0.29) is 0 Å². The summed E-state index contributed by atoms with van der Waals surface area (Å²) in [5, 5.41) is 0. The predicted octanol–water partition coefficient (Wildman–Crippen LogP) is 7.73. The van der Waals surface area contributed by atoms with Gasteiger partial charge in [0.05, 0.1) is 5.41 Å². The molecule has 228 valence electrons. The fraction of sp³-hybridized carbons (Fsp3) is 0.955. The fourth-order valence-corrected chi connectivity index (χ4v) is 5.95. The molecule has 17 heteroatoms. The number of carbonyl (C=O) groups is 1. The van der Waals surface area contributed by atoms with Crippen molar-refractivity contribution in [1.29, 1.82) is 0 Å². The molecule has 4 saturated carbocycles. The van der Waals surface area contributed by atoms with Gasteiger partial charge in [-0.3, -0.25) is 4.79 Å². The van der Waals surface area contributed by atoms with E-state index >= 15 is 39.5 Å². The lowest BCUT2D eigenvalue weighted by molar-refractivity contribution is -0.615. The van der Waals surface area contributed by atoms with Crippen LogP contribution in [0.25, 0.3) is 0 Å². The van der Waals surface area contributed by atoms with Crippen LogP contribution in [0.5, 0.6) is 0 Å². The van der Waals surface area contributed by atoms with Gasteiger partial charge < -0.3 is 4.74 Å². The van der Waals surface area contributed by atoms with Crippen molar-refractivity contribution < 1.29 is 75.4 Å². The molecule has 4 bridgehead atoms. The summed E-state index contributed by atoms with van der Waals surface area (Å²) in [5.41, 5.74) is -36.1. The largest absolute Gasteiger partial charge is 0.439 e. The van der Waals surface area contributed by atoms with E-state index in [2.05, 4.69) is 4.74 Å². The van der Waals surface area contributed by atoms with Gasteiger partial charge in [0.1, 0.15) is 0 Å². The molecule has 4 aliphatic rings. The molecular weight excluding hydrogens is 581 g/mol. The maximum atomic E-state index is 15.4. The van der Waals surface area contributed by atoms with Crippen LogP contribution in [0.15, 0.2) is 0 Å². The third-order valence-corrected chi connectivity index (χ3v) is 8.46. The number of esters is 1. The molecule has 0 aromatic heterocycles. The molecule has 39 heavy (non-hydrogen) atoms. The molecule has 1 atom stereocenters. The smallest absolute Gasteiger partial charge is 0.345 e. The molecule has 1 unspecified atom stereocenters. The molecule has 2 nitrogen and oxygen atoms in total. The summed E-state index contributed by atoms with van der Waals surface area (Å²) in [5.74, 6) is -49.8. The fourth-order valence-electron chi connectivity index (χ4n) is 5.95. The maximum Gasteiger partial charge on any atom is 0.345 e. The third-order valence-electron chi connectivity index (χ3n) is 8.46. The molecule has 4 rings (SSSR count). The standard InChI is InChI=1S/C22H23F15O2/c1-10(2,3)8-12(7,11(4,5)6)9(38)39-16-20(32,33)13(23)17(26,27)14(24,21(16,34)35)19(30,31)15(25,18(13,28)29)22(16,36)37/h8H2,1-7H3. The van der Waals surface area contributed by atoms with Crippen LogP contribution in [0.3, 0.4) is 0 Å². The molecule has 0 aromatic carbocycles. The molecule has 0 N–H and O–H groups in total. The Kier molecular flexibility index (Phi) is 5.64. The van der Waals surface area contributed by atoms with Gasteiger partial charge in [-0.15, -0.1) is 0 Å². The Morgan fingerprint density at radius 2 is 0.769 bits per heavy atom.